The molecule has 34 heavy (non-hydrogen) atoms. The van der Waals surface area contributed by atoms with Crippen molar-refractivity contribution in [2.75, 3.05) is 10.0 Å². The minimum absolute atomic E-state index is 0.00442. The normalized spacial score (nSPS) is 10.4. The number of hydrogen-bond donors (Lipinski definition) is 2. The van der Waals surface area contributed by atoms with E-state index in [9.17, 15) is 28.8 Å². The zero-order chi connectivity index (χ0) is 25.7. The second kappa shape index (κ2) is 10.7. The Morgan fingerprint density at radius 3 is 1.18 bits per heavy atom. The molecule has 0 aromatic heterocycles. The number of carbonyl (C=O) groups is 6. The highest BCUT2D eigenvalue weighted by Crippen LogP contribution is 2.26. The number of nitrogens with zero attached hydrogens (tertiary/aromatic N) is 2. The Balaban J connectivity index is 2.25. The molecule has 0 aliphatic carbocycles. The molecule has 4 N–H and O–H groups in total. The lowest BCUT2D eigenvalue weighted by atomic mass is 9.98. The average molecular weight is 466 g/mol. The first-order valence-corrected chi connectivity index (χ1v) is 10.3. The summed E-state index contributed by atoms with van der Waals surface area (Å²) in [5.74, 6) is 8.81. The van der Waals surface area contributed by atoms with E-state index in [4.69, 9.17) is 11.7 Å². The molecule has 178 valence electrons. The van der Waals surface area contributed by atoms with E-state index < -0.39 is 23.4 Å². The monoisotopic (exact) mass is 466 g/mol. The molecule has 0 saturated carbocycles. The van der Waals surface area contributed by atoms with Gasteiger partial charge in [-0.1, -0.05) is 24.3 Å². The Kier molecular flexibility index (Phi) is 8.28. The molecular weight excluding hydrogens is 440 g/mol. The van der Waals surface area contributed by atoms with E-state index >= 15 is 0 Å². The zero-order valence-corrected chi connectivity index (χ0v) is 19.4. The second-order valence-corrected chi connectivity index (χ2v) is 7.65. The fraction of sp³-hybridized carbons (Fsp3) is 0.250. The minimum atomic E-state index is -0.700. The summed E-state index contributed by atoms with van der Waals surface area (Å²) in [5, 5.41) is 1.43. The molecule has 2 aromatic rings. The number of anilines is 2. The van der Waals surface area contributed by atoms with Gasteiger partial charge in [-0.05, 0) is 39.8 Å². The highest BCUT2D eigenvalue weighted by Gasteiger charge is 2.25. The van der Waals surface area contributed by atoms with Gasteiger partial charge in [0, 0.05) is 24.0 Å². The fourth-order valence-corrected chi connectivity index (χ4v) is 3.53. The van der Waals surface area contributed by atoms with Gasteiger partial charge in [0.25, 0.3) is 0 Å². The van der Waals surface area contributed by atoms with Gasteiger partial charge in [0.2, 0.25) is 11.8 Å². The Morgan fingerprint density at radius 2 is 0.912 bits per heavy atom. The molecule has 0 fully saturated rings. The highest BCUT2D eigenvalue weighted by molar-refractivity contribution is 6.14. The summed E-state index contributed by atoms with van der Waals surface area (Å²) in [6.07, 6.45) is -0.737. The summed E-state index contributed by atoms with van der Waals surface area (Å²) < 4.78 is 0. The SMILES string of the molecule is CC(=O)c1cccc(N(N)C(=O)CCC(=O)N(N)c2cccc(C(C)=O)c2C(C)=O)c1C(C)=O. The quantitative estimate of drug-likeness (QED) is 0.246. The molecule has 2 rings (SSSR count). The van der Waals surface area contributed by atoms with Crippen LogP contribution in [0, 0.1) is 0 Å². The van der Waals surface area contributed by atoms with Crippen molar-refractivity contribution in [2.24, 2.45) is 11.7 Å². The van der Waals surface area contributed by atoms with Gasteiger partial charge in [-0.2, -0.15) is 0 Å². The van der Waals surface area contributed by atoms with Crippen LogP contribution in [-0.4, -0.2) is 34.9 Å². The van der Waals surface area contributed by atoms with Crippen LogP contribution in [0.25, 0.3) is 0 Å². The molecular formula is C24H26N4O6. The molecule has 0 aliphatic rings. The molecule has 0 heterocycles. The van der Waals surface area contributed by atoms with Gasteiger partial charge in [-0.25, -0.2) is 21.7 Å². The van der Waals surface area contributed by atoms with Crippen LogP contribution in [0.1, 0.15) is 82.0 Å². The number of nitrogens with two attached hydrogens (primary N) is 2. The van der Waals surface area contributed by atoms with Crippen molar-refractivity contribution in [2.45, 2.75) is 40.5 Å². The van der Waals surface area contributed by atoms with Gasteiger partial charge in [0.15, 0.2) is 23.1 Å². The predicted molar refractivity (Wildman–Crippen MR) is 125 cm³/mol. The summed E-state index contributed by atoms with van der Waals surface area (Å²) >= 11 is 0. The van der Waals surface area contributed by atoms with E-state index in [1.807, 2.05) is 0 Å². The first kappa shape index (κ1) is 26.2. The van der Waals surface area contributed by atoms with Crippen molar-refractivity contribution in [3.05, 3.63) is 58.7 Å². The maximum absolute atomic E-state index is 12.7. The first-order valence-electron chi connectivity index (χ1n) is 10.3. The average Bonchev–Trinajstić information content (AvgIpc) is 2.79. The topological polar surface area (TPSA) is 161 Å². The Morgan fingerprint density at radius 1 is 0.588 bits per heavy atom. The summed E-state index contributed by atoms with van der Waals surface area (Å²) in [7, 11) is 0. The summed E-state index contributed by atoms with van der Waals surface area (Å²) in [4.78, 5) is 73.3. The number of hydrogen-bond acceptors (Lipinski definition) is 8. The maximum Gasteiger partial charge on any atom is 0.241 e. The van der Waals surface area contributed by atoms with Gasteiger partial charge in [0.1, 0.15) is 0 Å². The van der Waals surface area contributed by atoms with Crippen molar-refractivity contribution in [1.29, 1.82) is 0 Å². The number of benzene rings is 2. The lowest BCUT2D eigenvalue weighted by molar-refractivity contribution is -0.123. The zero-order valence-electron chi connectivity index (χ0n) is 19.4. The summed E-state index contributed by atoms with van der Waals surface area (Å²) in [5.41, 5.74) is 0.333. The molecule has 10 nitrogen and oxygen atoms in total. The van der Waals surface area contributed by atoms with Crippen LogP contribution in [0.2, 0.25) is 0 Å². The number of Topliss-reactive ketones (excluding diaryl/α,β-unsaturated/α-hetero) is 4. The van der Waals surface area contributed by atoms with Gasteiger partial charge in [-0.15, -0.1) is 0 Å². The first-order chi connectivity index (χ1) is 15.9. The highest BCUT2D eigenvalue weighted by atomic mass is 16.2. The number of hydrazine groups is 2. The molecule has 0 atom stereocenters. The standard InChI is InChI=1S/C24H26N4O6/c1-13(29)17-7-5-9-19(23(17)15(3)31)27(25)21(33)11-12-22(34)28(26)20-10-6-8-18(14(2)30)24(20)16(4)32/h5-10H,11-12,25-26H2,1-4H3. The van der Waals surface area contributed by atoms with Gasteiger partial charge >= 0.3 is 0 Å². The maximum atomic E-state index is 12.7. The third-order valence-corrected chi connectivity index (χ3v) is 5.16. The smallest absolute Gasteiger partial charge is 0.241 e. The van der Waals surface area contributed by atoms with E-state index in [-0.39, 0.29) is 58.0 Å². The molecule has 0 bridgehead atoms. The number of amides is 2. The summed E-state index contributed by atoms with van der Waals surface area (Å²) in [6.45, 7) is 5.08. The van der Waals surface area contributed by atoms with Crippen molar-refractivity contribution in [3.8, 4) is 0 Å². The Bertz CT molecular complexity index is 1110. The fourth-order valence-electron chi connectivity index (χ4n) is 3.53. The Hall–Kier alpha value is -4.02. The third kappa shape index (κ3) is 5.48. The van der Waals surface area contributed by atoms with Crippen LogP contribution in [0.15, 0.2) is 36.4 Å². The summed E-state index contributed by atoms with van der Waals surface area (Å²) in [6, 6.07) is 8.74. The minimum Gasteiger partial charge on any atom is -0.294 e. The van der Waals surface area contributed by atoms with E-state index in [2.05, 4.69) is 0 Å². The largest absolute Gasteiger partial charge is 0.294 e. The van der Waals surface area contributed by atoms with Gasteiger partial charge in [0.05, 0.1) is 22.5 Å². The molecule has 2 amide bonds. The van der Waals surface area contributed by atoms with Crippen LogP contribution in [0.5, 0.6) is 0 Å². The molecule has 2 aromatic carbocycles. The Labute approximate surface area is 196 Å². The molecule has 0 aliphatic heterocycles. The van der Waals surface area contributed by atoms with Crippen molar-refractivity contribution >= 4 is 46.3 Å². The number of carbonyl (C=O) groups excluding carboxylic acids is 6. The predicted octanol–water partition coefficient (Wildman–Crippen LogP) is 2.39. The van der Waals surface area contributed by atoms with E-state index in [1.54, 1.807) is 0 Å². The van der Waals surface area contributed by atoms with Crippen molar-refractivity contribution in [1.82, 2.24) is 0 Å². The molecule has 0 radical (unpaired) electrons. The number of ketones is 4. The molecule has 10 heteroatoms. The molecule has 0 saturated heterocycles. The molecule has 0 spiro atoms. The molecule has 0 unspecified atom stereocenters. The van der Waals surface area contributed by atoms with Crippen LogP contribution in [0.4, 0.5) is 11.4 Å². The lowest BCUT2D eigenvalue weighted by Crippen LogP contribution is -2.42. The van der Waals surface area contributed by atoms with Crippen LogP contribution >= 0.6 is 0 Å². The van der Waals surface area contributed by atoms with Gasteiger partial charge in [-0.3, -0.25) is 28.8 Å². The van der Waals surface area contributed by atoms with Crippen molar-refractivity contribution in [3.63, 3.8) is 0 Å². The van der Waals surface area contributed by atoms with E-state index in [0.29, 0.717) is 10.0 Å². The lowest BCUT2D eigenvalue weighted by Gasteiger charge is -2.22. The second-order valence-electron chi connectivity index (χ2n) is 7.65. The van der Waals surface area contributed by atoms with Crippen molar-refractivity contribution < 1.29 is 28.8 Å². The van der Waals surface area contributed by atoms with E-state index in [0.717, 1.165) is 0 Å². The van der Waals surface area contributed by atoms with E-state index in [1.165, 1.54) is 64.1 Å². The van der Waals surface area contributed by atoms with Crippen LogP contribution < -0.4 is 21.7 Å². The van der Waals surface area contributed by atoms with Crippen LogP contribution in [-0.2, 0) is 9.59 Å². The number of rotatable bonds is 9. The third-order valence-electron chi connectivity index (χ3n) is 5.16. The van der Waals surface area contributed by atoms with Crippen LogP contribution in [0.3, 0.4) is 0 Å². The van der Waals surface area contributed by atoms with Gasteiger partial charge < -0.3 is 0 Å².